The third-order valence-electron chi connectivity index (χ3n) is 6.52. The third kappa shape index (κ3) is 3.71. The van der Waals surface area contributed by atoms with E-state index in [0.717, 1.165) is 6.42 Å². The van der Waals surface area contributed by atoms with Crippen molar-refractivity contribution in [2.45, 2.75) is 45.6 Å². The average molecular weight is 457 g/mol. The molecule has 3 atom stereocenters. The van der Waals surface area contributed by atoms with Crippen molar-refractivity contribution < 1.29 is 23.1 Å². The summed E-state index contributed by atoms with van der Waals surface area (Å²) in [6.07, 6.45) is 1.36. The van der Waals surface area contributed by atoms with Crippen molar-refractivity contribution in [2.75, 3.05) is 5.75 Å². The molecule has 2 saturated carbocycles. The SMILES string of the molecule is CC1(C)[C@@H]2CC[C@]1(CS(=O)(=O)N[C@@H](CC(=O)[O-])c1cccc(Br)c1)C(=O)C2. The van der Waals surface area contributed by atoms with Gasteiger partial charge >= 0.3 is 0 Å². The van der Waals surface area contributed by atoms with Crippen molar-refractivity contribution in [1.82, 2.24) is 4.72 Å². The largest absolute Gasteiger partial charge is 0.550 e. The maximum absolute atomic E-state index is 13.0. The van der Waals surface area contributed by atoms with Gasteiger partial charge in [0.25, 0.3) is 0 Å². The van der Waals surface area contributed by atoms with Gasteiger partial charge in [-0.15, -0.1) is 0 Å². The Morgan fingerprint density at radius 2 is 2.11 bits per heavy atom. The molecular weight excluding hydrogens is 434 g/mol. The molecule has 1 aromatic carbocycles. The molecule has 0 heterocycles. The predicted molar refractivity (Wildman–Crippen MR) is 102 cm³/mol. The van der Waals surface area contributed by atoms with Crippen LogP contribution >= 0.6 is 15.9 Å². The second kappa shape index (κ2) is 6.97. The lowest BCUT2D eigenvalue weighted by atomic mass is 9.70. The maximum Gasteiger partial charge on any atom is 0.213 e. The van der Waals surface area contributed by atoms with Crippen LogP contribution in [0.15, 0.2) is 28.7 Å². The Hall–Kier alpha value is -1.25. The van der Waals surface area contributed by atoms with Crippen LogP contribution in [0, 0.1) is 16.7 Å². The van der Waals surface area contributed by atoms with Gasteiger partial charge in [-0.3, -0.25) is 4.79 Å². The highest BCUT2D eigenvalue weighted by Gasteiger charge is 2.65. The fourth-order valence-electron chi connectivity index (χ4n) is 4.81. The van der Waals surface area contributed by atoms with Gasteiger partial charge in [0.15, 0.2) is 0 Å². The Labute approximate surface area is 167 Å². The van der Waals surface area contributed by atoms with Gasteiger partial charge in [-0.2, -0.15) is 0 Å². The van der Waals surface area contributed by atoms with Crippen molar-refractivity contribution in [3.8, 4) is 0 Å². The first-order chi connectivity index (χ1) is 12.5. The van der Waals surface area contributed by atoms with Crippen LogP contribution < -0.4 is 9.83 Å². The lowest BCUT2D eigenvalue weighted by molar-refractivity contribution is -0.306. The minimum absolute atomic E-state index is 0.00744. The van der Waals surface area contributed by atoms with E-state index in [-0.39, 0.29) is 22.9 Å². The maximum atomic E-state index is 13.0. The van der Waals surface area contributed by atoms with Gasteiger partial charge in [0.05, 0.1) is 11.8 Å². The molecule has 8 heteroatoms. The number of carbonyl (C=O) groups is 2. The van der Waals surface area contributed by atoms with Crippen molar-refractivity contribution in [3.05, 3.63) is 34.3 Å². The molecule has 2 bridgehead atoms. The lowest BCUT2D eigenvalue weighted by Crippen LogP contribution is -2.46. The number of halogens is 1. The van der Waals surface area contributed by atoms with E-state index in [0.29, 0.717) is 22.9 Å². The third-order valence-corrected chi connectivity index (χ3v) is 8.53. The Morgan fingerprint density at radius 3 is 2.63 bits per heavy atom. The van der Waals surface area contributed by atoms with Crippen LogP contribution in [0.5, 0.6) is 0 Å². The highest BCUT2D eigenvalue weighted by molar-refractivity contribution is 9.10. The molecule has 0 aliphatic heterocycles. The number of sulfonamides is 1. The first-order valence-corrected chi connectivity index (χ1v) is 11.4. The fraction of sp³-hybridized carbons (Fsp3) is 0.579. The molecule has 2 fully saturated rings. The van der Waals surface area contributed by atoms with Crippen molar-refractivity contribution in [3.63, 3.8) is 0 Å². The van der Waals surface area contributed by atoms with Gasteiger partial charge in [0.2, 0.25) is 10.0 Å². The van der Waals surface area contributed by atoms with Gasteiger partial charge < -0.3 is 9.90 Å². The van der Waals surface area contributed by atoms with E-state index in [4.69, 9.17) is 0 Å². The molecule has 0 amide bonds. The topological polar surface area (TPSA) is 103 Å². The summed E-state index contributed by atoms with van der Waals surface area (Å²) in [6, 6.07) is 5.86. The van der Waals surface area contributed by atoms with Crippen molar-refractivity contribution >= 4 is 37.7 Å². The van der Waals surface area contributed by atoms with E-state index in [1.165, 1.54) is 0 Å². The monoisotopic (exact) mass is 456 g/mol. The Balaban J connectivity index is 1.87. The predicted octanol–water partition coefficient (Wildman–Crippen LogP) is 1.95. The molecule has 148 valence electrons. The molecule has 0 radical (unpaired) electrons. The van der Waals surface area contributed by atoms with E-state index in [2.05, 4.69) is 20.7 Å². The summed E-state index contributed by atoms with van der Waals surface area (Å²) in [5.41, 5.74) is -0.749. The van der Waals surface area contributed by atoms with Crippen LogP contribution in [0.4, 0.5) is 0 Å². The molecule has 1 aromatic rings. The van der Waals surface area contributed by atoms with Gasteiger partial charge in [0, 0.05) is 28.7 Å². The van der Waals surface area contributed by atoms with Crippen LogP contribution in [-0.4, -0.2) is 25.9 Å². The number of fused-ring (bicyclic) bond motifs is 2. The van der Waals surface area contributed by atoms with Crippen LogP contribution in [0.3, 0.4) is 0 Å². The number of Topliss-reactive ketones (excluding diaryl/α,β-unsaturated/α-hetero) is 1. The Bertz CT molecular complexity index is 882. The molecule has 0 unspecified atom stereocenters. The molecule has 0 aromatic heterocycles. The van der Waals surface area contributed by atoms with Crippen molar-refractivity contribution in [1.29, 1.82) is 0 Å². The van der Waals surface area contributed by atoms with E-state index >= 15 is 0 Å². The minimum Gasteiger partial charge on any atom is -0.550 e. The number of ketones is 1. The van der Waals surface area contributed by atoms with E-state index in [9.17, 15) is 23.1 Å². The molecule has 2 aliphatic carbocycles. The molecule has 27 heavy (non-hydrogen) atoms. The van der Waals surface area contributed by atoms with Crippen LogP contribution in [0.25, 0.3) is 0 Å². The van der Waals surface area contributed by atoms with Crippen LogP contribution in [-0.2, 0) is 19.6 Å². The molecule has 0 spiro atoms. The second-order valence-electron chi connectivity index (χ2n) is 8.23. The highest BCUT2D eigenvalue weighted by Crippen LogP contribution is 2.64. The van der Waals surface area contributed by atoms with Gasteiger partial charge in [0.1, 0.15) is 5.78 Å². The quantitative estimate of drug-likeness (QED) is 0.674. The normalized spacial score (nSPS) is 27.7. The smallest absolute Gasteiger partial charge is 0.213 e. The molecule has 2 aliphatic rings. The summed E-state index contributed by atoms with van der Waals surface area (Å²) < 4.78 is 29.2. The van der Waals surface area contributed by atoms with Gasteiger partial charge in [-0.25, -0.2) is 13.1 Å². The number of hydrogen-bond acceptors (Lipinski definition) is 5. The number of carbonyl (C=O) groups excluding carboxylic acids is 2. The average Bonchev–Trinajstić information content (AvgIpc) is 2.87. The zero-order valence-electron chi connectivity index (χ0n) is 15.3. The number of carboxylic acid groups (broad SMARTS) is 1. The summed E-state index contributed by atoms with van der Waals surface area (Å²) in [7, 11) is -3.90. The van der Waals surface area contributed by atoms with Crippen molar-refractivity contribution in [2.24, 2.45) is 16.7 Å². The van der Waals surface area contributed by atoms with E-state index < -0.39 is 33.9 Å². The number of carboxylic acids is 1. The van der Waals surface area contributed by atoms with Crippen LogP contribution in [0.2, 0.25) is 0 Å². The minimum atomic E-state index is -3.90. The number of benzene rings is 1. The zero-order valence-corrected chi connectivity index (χ0v) is 17.7. The molecule has 0 saturated heterocycles. The van der Waals surface area contributed by atoms with Crippen LogP contribution in [0.1, 0.15) is 51.1 Å². The Kier molecular flexibility index (Phi) is 5.29. The van der Waals surface area contributed by atoms with Gasteiger partial charge in [-0.1, -0.05) is 41.9 Å². The lowest BCUT2D eigenvalue weighted by Gasteiger charge is -2.36. The Morgan fingerprint density at radius 1 is 1.41 bits per heavy atom. The first-order valence-electron chi connectivity index (χ1n) is 8.95. The molecule has 6 nitrogen and oxygen atoms in total. The number of hydrogen-bond donors (Lipinski definition) is 1. The summed E-state index contributed by atoms with van der Waals surface area (Å²) in [6.45, 7) is 3.94. The summed E-state index contributed by atoms with van der Waals surface area (Å²) in [5, 5.41) is 11.2. The molecular formula is C19H23BrNO5S-. The molecule has 3 rings (SSSR count). The summed E-state index contributed by atoms with van der Waals surface area (Å²) in [5.74, 6) is -1.43. The summed E-state index contributed by atoms with van der Waals surface area (Å²) in [4.78, 5) is 23.8. The van der Waals surface area contributed by atoms with Gasteiger partial charge in [-0.05, 0) is 41.9 Å². The zero-order chi connectivity index (χ0) is 20.0. The first kappa shape index (κ1) is 20.5. The fourth-order valence-corrected chi connectivity index (χ4v) is 7.29. The number of nitrogens with one attached hydrogen (secondary N) is 1. The second-order valence-corrected chi connectivity index (χ2v) is 10.9. The molecule has 1 N–H and O–H groups in total. The summed E-state index contributed by atoms with van der Waals surface area (Å²) >= 11 is 3.31. The van der Waals surface area contributed by atoms with E-state index in [1.54, 1.807) is 24.3 Å². The van der Waals surface area contributed by atoms with E-state index in [1.807, 2.05) is 13.8 Å². The highest BCUT2D eigenvalue weighted by atomic mass is 79.9. The number of rotatable bonds is 7. The standard InChI is InChI=1S/C19H24BrNO5S/c1-18(2)13-6-7-19(18,16(22)9-13)11-27(25,26)21-15(10-17(23)24)12-4-3-5-14(20)8-12/h3-5,8,13,15,21H,6-7,9-11H2,1-2H3,(H,23,24)/p-1/t13-,15+,19+/m1/s1. The number of aliphatic carboxylic acids is 1.